The maximum atomic E-state index is 2.80. The lowest BCUT2D eigenvalue weighted by molar-refractivity contribution is 0.385. The molecule has 0 saturated carbocycles. The van der Waals surface area contributed by atoms with Gasteiger partial charge < -0.3 is 4.90 Å². The summed E-state index contributed by atoms with van der Waals surface area (Å²) >= 11 is 0. The van der Waals surface area contributed by atoms with Crippen LogP contribution >= 0.6 is 9.24 Å². The number of nitrogens with zero attached hydrogens (tertiary/aromatic N) is 1. The average Bonchev–Trinajstić information content (AvgIpc) is 2.15. The van der Waals surface area contributed by atoms with E-state index in [1.54, 1.807) is 0 Å². The Kier molecular flexibility index (Phi) is 5.15. The molecule has 0 aromatic heterocycles. The minimum atomic E-state index is 1.08. The third-order valence-electron chi connectivity index (χ3n) is 2.38. The van der Waals surface area contributed by atoms with Crippen molar-refractivity contribution in [2.75, 3.05) is 13.1 Å². The highest BCUT2D eigenvalue weighted by molar-refractivity contribution is 7.22. The first-order valence-corrected chi connectivity index (χ1v) is 5.79. The third-order valence-corrected chi connectivity index (χ3v) is 2.93. The van der Waals surface area contributed by atoms with Gasteiger partial charge in [0.05, 0.1) is 0 Å². The lowest BCUT2D eigenvalue weighted by Crippen LogP contribution is -2.23. The molecule has 0 N–H and O–H groups in total. The van der Waals surface area contributed by atoms with Gasteiger partial charge in [0.1, 0.15) is 0 Å². The van der Waals surface area contributed by atoms with Gasteiger partial charge in [0, 0.05) is 18.5 Å². The number of hydrogen-bond acceptors (Lipinski definition) is 1. The number of rotatable bonds is 5. The maximum absolute atomic E-state index is 2.80. The fraction of sp³-hybridized carbons (Fsp3) is 0.636. The van der Waals surface area contributed by atoms with Gasteiger partial charge in [0.15, 0.2) is 0 Å². The molecule has 1 heterocycles. The normalized spacial score (nSPS) is 16.2. The van der Waals surface area contributed by atoms with Crippen LogP contribution in [-0.4, -0.2) is 18.0 Å². The zero-order chi connectivity index (χ0) is 9.52. The zero-order valence-corrected chi connectivity index (χ0v) is 9.65. The quantitative estimate of drug-likeness (QED) is 0.483. The van der Waals surface area contributed by atoms with E-state index in [-0.39, 0.29) is 0 Å². The molecule has 1 unspecified atom stereocenters. The van der Waals surface area contributed by atoms with Crippen LogP contribution in [-0.2, 0) is 0 Å². The molecule has 0 spiro atoms. The van der Waals surface area contributed by atoms with Gasteiger partial charge in [0.25, 0.3) is 0 Å². The van der Waals surface area contributed by atoms with Crippen LogP contribution < -0.4 is 0 Å². The summed E-state index contributed by atoms with van der Waals surface area (Å²) in [6.07, 6.45) is 11.9. The van der Waals surface area contributed by atoms with Gasteiger partial charge in [0.2, 0.25) is 0 Å². The summed E-state index contributed by atoms with van der Waals surface area (Å²) in [5, 5.41) is 0. The first kappa shape index (κ1) is 10.8. The lowest BCUT2D eigenvalue weighted by Gasteiger charge is -2.25. The van der Waals surface area contributed by atoms with Crippen molar-refractivity contribution in [3.05, 3.63) is 23.7 Å². The van der Waals surface area contributed by atoms with Crippen molar-refractivity contribution in [3.63, 3.8) is 0 Å². The molecular weight excluding hydrogens is 177 g/mol. The van der Waals surface area contributed by atoms with E-state index >= 15 is 0 Å². The summed E-state index contributed by atoms with van der Waals surface area (Å²) in [7, 11) is 2.80. The monoisotopic (exact) mass is 197 g/mol. The van der Waals surface area contributed by atoms with Crippen LogP contribution in [0.2, 0.25) is 0 Å². The van der Waals surface area contributed by atoms with E-state index in [9.17, 15) is 0 Å². The third kappa shape index (κ3) is 3.95. The van der Waals surface area contributed by atoms with E-state index < -0.39 is 0 Å². The molecule has 1 aliphatic rings. The van der Waals surface area contributed by atoms with Gasteiger partial charge >= 0.3 is 0 Å². The molecule has 1 rings (SSSR count). The van der Waals surface area contributed by atoms with Crippen LogP contribution in [0.25, 0.3) is 0 Å². The minimum Gasteiger partial charge on any atom is -0.368 e. The summed E-state index contributed by atoms with van der Waals surface area (Å²) in [4.78, 5) is 2.42. The van der Waals surface area contributed by atoms with Crippen LogP contribution in [0.3, 0.4) is 0 Å². The summed E-state index contributed by atoms with van der Waals surface area (Å²) < 4.78 is 0. The van der Waals surface area contributed by atoms with Gasteiger partial charge in [-0.2, -0.15) is 0 Å². The van der Waals surface area contributed by atoms with Crippen LogP contribution in [0, 0.1) is 0 Å². The fourth-order valence-electron chi connectivity index (χ4n) is 1.52. The molecule has 13 heavy (non-hydrogen) atoms. The van der Waals surface area contributed by atoms with Gasteiger partial charge in [-0.05, 0) is 12.5 Å². The van der Waals surface area contributed by atoms with Crippen molar-refractivity contribution >= 4 is 9.24 Å². The van der Waals surface area contributed by atoms with Gasteiger partial charge in [-0.3, -0.25) is 0 Å². The van der Waals surface area contributed by atoms with E-state index in [0.717, 1.165) is 6.54 Å². The van der Waals surface area contributed by atoms with Crippen LogP contribution in [0.1, 0.15) is 32.6 Å². The van der Waals surface area contributed by atoms with E-state index in [1.807, 2.05) is 0 Å². The fourth-order valence-corrected chi connectivity index (χ4v) is 1.86. The second-order valence-electron chi connectivity index (χ2n) is 3.53. The molecule has 74 valence electrons. The predicted molar refractivity (Wildman–Crippen MR) is 62.6 cm³/mol. The van der Waals surface area contributed by atoms with Crippen molar-refractivity contribution in [1.82, 2.24) is 4.90 Å². The Bertz CT molecular complexity index is 196. The molecule has 0 aliphatic carbocycles. The second-order valence-corrected chi connectivity index (χ2v) is 4.12. The highest BCUT2D eigenvalue weighted by atomic mass is 31.0. The van der Waals surface area contributed by atoms with Crippen LogP contribution in [0.4, 0.5) is 0 Å². The van der Waals surface area contributed by atoms with Crippen molar-refractivity contribution in [3.8, 4) is 0 Å². The first-order chi connectivity index (χ1) is 6.34. The summed E-state index contributed by atoms with van der Waals surface area (Å²) in [6, 6.07) is 0. The molecule has 0 radical (unpaired) electrons. The highest BCUT2D eigenvalue weighted by Crippen LogP contribution is 2.17. The number of hydrogen-bond donors (Lipinski definition) is 0. The average molecular weight is 197 g/mol. The Morgan fingerprint density at radius 1 is 1.38 bits per heavy atom. The summed E-state index contributed by atoms with van der Waals surface area (Å²) in [5.74, 6) is 0. The Morgan fingerprint density at radius 3 is 2.92 bits per heavy atom. The van der Waals surface area contributed by atoms with Gasteiger partial charge in [-0.15, -0.1) is 0 Å². The zero-order valence-electron chi connectivity index (χ0n) is 8.50. The van der Waals surface area contributed by atoms with E-state index in [1.165, 1.54) is 37.7 Å². The predicted octanol–water partition coefficient (Wildman–Crippen LogP) is 3.16. The Balaban J connectivity index is 2.15. The molecule has 0 fully saturated rings. The van der Waals surface area contributed by atoms with Crippen molar-refractivity contribution in [2.45, 2.75) is 32.6 Å². The van der Waals surface area contributed by atoms with Crippen LogP contribution in [0.15, 0.2) is 23.7 Å². The molecule has 0 saturated heterocycles. The molecule has 1 atom stereocenters. The smallest absolute Gasteiger partial charge is 0.0362 e. The summed E-state index contributed by atoms with van der Waals surface area (Å²) in [5.41, 5.74) is 1.33. The Labute approximate surface area is 84.1 Å². The molecule has 0 aromatic carbocycles. The van der Waals surface area contributed by atoms with E-state index in [2.05, 4.69) is 39.3 Å². The highest BCUT2D eigenvalue weighted by Gasteiger charge is 2.04. The molecule has 1 aliphatic heterocycles. The SMILES string of the molecule is CCCCCCN1CC=CC=C1P. The largest absolute Gasteiger partial charge is 0.368 e. The van der Waals surface area contributed by atoms with Crippen molar-refractivity contribution in [1.29, 1.82) is 0 Å². The first-order valence-electron chi connectivity index (χ1n) is 5.22. The molecule has 0 amide bonds. The van der Waals surface area contributed by atoms with Crippen molar-refractivity contribution in [2.24, 2.45) is 0 Å². The molecular formula is C11H20NP. The molecule has 2 heteroatoms. The second kappa shape index (κ2) is 6.21. The summed E-state index contributed by atoms with van der Waals surface area (Å²) in [6.45, 7) is 4.55. The molecule has 1 nitrogen and oxygen atoms in total. The van der Waals surface area contributed by atoms with Crippen molar-refractivity contribution < 1.29 is 0 Å². The molecule has 0 bridgehead atoms. The van der Waals surface area contributed by atoms with Gasteiger partial charge in [-0.1, -0.05) is 47.6 Å². The van der Waals surface area contributed by atoms with E-state index in [4.69, 9.17) is 0 Å². The van der Waals surface area contributed by atoms with E-state index in [0.29, 0.717) is 0 Å². The Morgan fingerprint density at radius 2 is 2.23 bits per heavy atom. The maximum Gasteiger partial charge on any atom is 0.0362 e. The number of unbranched alkanes of at least 4 members (excludes halogenated alkanes) is 3. The topological polar surface area (TPSA) is 3.24 Å². The lowest BCUT2D eigenvalue weighted by atomic mass is 10.2. The van der Waals surface area contributed by atoms with Gasteiger partial charge in [-0.25, -0.2) is 0 Å². The molecule has 0 aromatic rings. The standard InChI is InChI=1S/C11H20NP/c1-2-3-4-6-9-12-10-7-5-8-11(12)13/h5,7-8H,2-4,6,9-10,13H2,1H3. The Hall–Kier alpha value is -0.290. The minimum absolute atomic E-state index is 1.08. The van der Waals surface area contributed by atoms with Crippen LogP contribution in [0.5, 0.6) is 0 Å². The number of allylic oxidation sites excluding steroid dienone is 2.